The second kappa shape index (κ2) is 5.58. The van der Waals surface area contributed by atoms with E-state index in [1.165, 1.54) is 12.1 Å². The Hall–Kier alpha value is -2.85. The van der Waals surface area contributed by atoms with Crippen LogP contribution in [0.1, 0.15) is 17.0 Å². The summed E-state index contributed by atoms with van der Waals surface area (Å²) in [4.78, 5) is 11.8. The molecule has 1 saturated carbocycles. The highest BCUT2D eigenvalue weighted by atomic mass is 32.2. The third kappa shape index (κ3) is 2.22. The number of aldehydes is 1. The zero-order valence-corrected chi connectivity index (χ0v) is 14.7. The third-order valence-corrected chi connectivity index (χ3v) is 7.27. The minimum absolute atomic E-state index is 0.0889. The van der Waals surface area contributed by atoms with Crippen molar-refractivity contribution in [3.8, 4) is 17.6 Å². The van der Waals surface area contributed by atoms with Crippen molar-refractivity contribution in [3.05, 3.63) is 53.6 Å². The van der Waals surface area contributed by atoms with Crippen molar-refractivity contribution >= 4 is 16.1 Å². The van der Waals surface area contributed by atoms with Gasteiger partial charge in [-0.2, -0.15) is 5.26 Å². The predicted octanol–water partition coefficient (Wildman–Crippen LogP) is 2.37. The molecule has 0 saturated heterocycles. The first kappa shape index (κ1) is 16.6. The van der Waals surface area contributed by atoms with Gasteiger partial charge in [0, 0.05) is 5.92 Å². The van der Waals surface area contributed by atoms with E-state index >= 15 is 0 Å². The van der Waals surface area contributed by atoms with Crippen LogP contribution in [0.4, 0.5) is 0 Å². The van der Waals surface area contributed by atoms with Crippen molar-refractivity contribution in [2.75, 3.05) is 6.79 Å². The van der Waals surface area contributed by atoms with Gasteiger partial charge in [0.25, 0.3) is 0 Å². The van der Waals surface area contributed by atoms with Crippen molar-refractivity contribution < 1.29 is 22.7 Å². The minimum Gasteiger partial charge on any atom is -0.454 e. The van der Waals surface area contributed by atoms with Crippen molar-refractivity contribution in [3.63, 3.8) is 0 Å². The lowest BCUT2D eigenvalue weighted by atomic mass is 10.0. The number of carbonyl (C=O) groups is 1. The molecular weight excluding hydrogens is 354 g/mol. The molecule has 2 aromatic carbocycles. The van der Waals surface area contributed by atoms with Crippen LogP contribution < -0.4 is 9.47 Å². The quantitative estimate of drug-likeness (QED) is 0.768. The molecule has 0 N–H and O–H groups in total. The smallest absolute Gasteiger partial charge is 0.231 e. The molecule has 1 fully saturated rings. The zero-order valence-electron chi connectivity index (χ0n) is 13.9. The van der Waals surface area contributed by atoms with Crippen LogP contribution in [-0.4, -0.2) is 26.7 Å². The number of aryl methyl sites for hydroxylation is 1. The molecule has 6 nitrogen and oxygen atoms in total. The summed E-state index contributed by atoms with van der Waals surface area (Å²) < 4.78 is 36.8. The third-order valence-electron chi connectivity index (χ3n) is 5.01. The molecule has 0 unspecified atom stereocenters. The van der Waals surface area contributed by atoms with Crippen LogP contribution in [0.2, 0.25) is 0 Å². The van der Waals surface area contributed by atoms with E-state index < -0.39 is 26.4 Å². The molecule has 4 rings (SSSR count). The Balaban J connectivity index is 1.79. The van der Waals surface area contributed by atoms with Gasteiger partial charge in [0.2, 0.25) is 6.79 Å². The molecule has 132 valence electrons. The fraction of sp³-hybridized carbons (Fsp3) is 0.263. The highest BCUT2D eigenvalue weighted by Crippen LogP contribution is 2.63. The summed E-state index contributed by atoms with van der Waals surface area (Å²) in [5.41, 5.74) is -0.102. The number of sulfone groups is 1. The molecule has 0 aromatic heterocycles. The number of benzene rings is 2. The minimum atomic E-state index is -3.85. The fourth-order valence-corrected chi connectivity index (χ4v) is 5.78. The number of hydrogen-bond acceptors (Lipinski definition) is 6. The molecule has 0 bridgehead atoms. The van der Waals surface area contributed by atoms with E-state index in [2.05, 4.69) is 0 Å². The Morgan fingerprint density at radius 2 is 1.85 bits per heavy atom. The van der Waals surface area contributed by atoms with Crippen LogP contribution in [-0.2, 0) is 14.6 Å². The molecule has 1 aliphatic heterocycles. The average molecular weight is 369 g/mol. The highest BCUT2D eigenvalue weighted by Gasteiger charge is 2.72. The Kier molecular flexibility index (Phi) is 3.56. The SMILES string of the molecule is Cc1ccc(S(=O)(=O)[C@H]2[C@@H](c3ccc4c(c3)OCO4)[C@@]2(C#N)C=O)cc1. The van der Waals surface area contributed by atoms with Crippen LogP contribution in [0.5, 0.6) is 11.5 Å². The summed E-state index contributed by atoms with van der Waals surface area (Å²) in [6, 6.07) is 13.3. The van der Waals surface area contributed by atoms with Gasteiger partial charge in [-0.15, -0.1) is 0 Å². The second-order valence-electron chi connectivity index (χ2n) is 6.53. The van der Waals surface area contributed by atoms with E-state index in [4.69, 9.17) is 9.47 Å². The van der Waals surface area contributed by atoms with E-state index in [9.17, 15) is 18.5 Å². The number of carbonyl (C=O) groups excluding carboxylic acids is 1. The monoisotopic (exact) mass is 369 g/mol. The summed E-state index contributed by atoms with van der Waals surface area (Å²) in [5.74, 6) is 0.297. The lowest BCUT2D eigenvalue weighted by Gasteiger charge is -2.05. The van der Waals surface area contributed by atoms with E-state index in [1.807, 2.05) is 13.0 Å². The summed E-state index contributed by atoms with van der Waals surface area (Å²) >= 11 is 0. The Labute approximate surface area is 150 Å². The topological polar surface area (TPSA) is 93.5 Å². The molecule has 7 heteroatoms. The van der Waals surface area contributed by atoms with E-state index in [1.54, 1.807) is 30.3 Å². The number of hydrogen-bond donors (Lipinski definition) is 0. The zero-order chi connectivity index (χ0) is 18.5. The molecule has 0 radical (unpaired) electrons. The highest BCUT2D eigenvalue weighted by molar-refractivity contribution is 7.92. The summed E-state index contributed by atoms with van der Waals surface area (Å²) in [7, 11) is -3.85. The van der Waals surface area contributed by atoms with Crippen molar-refractivity contribution in [1.29, 1.82) is 5.26 Å². The Morgan fingerprint density at radius 3 is 2.50 bits per heavy atom. The lowest BCUT2D eigenvalue weighted by Crippen LogP contribution is -2.16. The van der Waals surface area contributed by atoms with Crippen LogP contribution >= 0.6 is 0 Å². The standard InChI is InChI=1S/C19H15NO5S/c1-12-2-5-14(6-3-12)26(22,23)18-17(19(18,9-20)10-21)13-4-7-15-16(8-13)25-11-24-15/h2-8,10,17-18H,11H2,1H3/t17-,18+,19-/m1/s1. The van der Waals surface area contributed by atoms with Crippen molar-refractivity contribution in [1.82, 2.24) is 0 Å². The van der Waals surface area contributed by atoms with Crippen LogP contribution in [0, 0.1) is 23.7 Å². The largest absolute Gasteiger partial charge is 0.454 e. The lowest BCUT2D eigenvalue weighted by molar-refractivity contribution is -0.110. The molecule has 2 aliphatic rings. The van der Waals surface area contributed by atoms with E-state index in [0.717, 1.165) is 5.56 Å². The number of rotatable bonds is 4. The summed E-state index contributed by atoms with van der Waals surface area (Å²) in [6.45, 7) is 1.94. The van der Waals surface area contributed by atoms with Gasteiger partial charge in [0.1, 0.15) is 17.0 Å². The molecule has 26 heavy (non-hydrogen) atoms. The number of fused-ring (bicyclic) bond motifs is 1. The molecule has 0 amide bonds. The molecule has 1 aliphatic carbocycles. The normalized spacial score (nSPS) is 26.2. The van der Waals surface area contributed by atoms with Crippen LogP contribution in [0.25, 0.3) is 0 Å². The first-order chi connectivity index (χ1) is 12.4. The van der Waals surface area contributed by atoms with Gasteiger partial charge >= 0.3 is 0 Å². The molecule has 1 heterocycles. The number of nitriles is 1. The molecular formula is C19H15NO5S. The van der Waals surface area contributed by atoms with Gasteiger partial charge in [-0.1, -0.05) is 23.8 Å². The van der Waals surface area contributed by atoms with Crippen LogP contribution in [0.15, 0.2) is 47.4 Å². The molecule has 3 atom stereocenters. The van der Waals surface area contributed by atoms with Gasteiger partial charge < -0.3 is 14.3 Å². The average Bonchev–Trinajstić information content (AvgIpc) is 3.12. The van der Waals surface area contributed by atoms with Gasteiger partial charge in [-0.05, 0) is 36.8 Å². The van der Waals surface area contributed by atoms with Gasteiger partial charge in [0.15, 0.2) is 21.3 Å². The predicted molar refractivity (Wildman–Crippen MR) is 91.6 cm³/mol. The summed E-state index contributed by atoms with van der Waals surface area (Å²) in [6.07, 6.45) is 0.457. The molecule has 2 aromatic rings. The Bertz CT molecular complexity index is 1040. The first-order valence-corrected chi connectivity index (χ1v) is 9.56. The maximum atomic E-state index is 13.1. The van der Waals surface area contributed by atoms with Crippen molar-refractivity contribution in [2.24, 2.45) is 5.41 Å². The second-order valence-corrected chi connectivity index (χ2v) is 8.60. The van der Waals surface area contributed by atoms with Gasteiger partial charge in [-0.3, -0.25) is 0 Å². The number of nitrogens with zero attached hydrogens (tertiary/aromatic N) is 1. The maximum Gasteiger partial charge on any atom is 0.231 e. The number of ether oxygens (including phenoxy) is 2. The van der Waals surface area contributed by atoms with Gasteiger partial charge in [0.05, 0.1) is 11.0 Å². The van der Waals surface area contributed by atoms with E-state index in [0.29, 0.717) is 23.3 Å². The van der Waals surface area contributed by atoms with Crippen molar-refractivity contribution in [2.45, 2.75) is 23.0 Å². The fourth-order valence-electron chi connectivity index (χ4n) is 3.54. The Morgan fingerprint density at radius 1 is 1.15 bits per heavy atom. The first-order valence-electron chi connectivity index (χ1n) is 8.02. The summed E-state index contributed by atoms with van der Waals surface area (Å²) in [5, 5.41) is 8.48. The maximum absolute atomic E-state index is 13.1. The van der Waals surface area contributed by atoms with Gasteiger partial charge in [-0.25, -0.2) is 8.42 Å². The van der Waals surface area contributed by atoms with Crippen LogP contribution in [0.3, 0.4) is 0 Å². The molecule has 0 spiro atoms. The van der Waals surface area contributed by atoms with E-state index in [-0.39, 0.29) is 11.7 Å².